The number of carboxylic acid groups (broad SMARTS) is 1. The monoisotopic (exact) mass is 268 g/mol. The van der Waals surface area contributed by atoms with Gasteiger partial charge in [-0.2, -0.15) is 0 Å². The summed E-state index contributed by atoms with van der Waals surface area (Å²) < 4.78 is 0. The second-order valence-electron chi connectivity index (χ2n) is 6.63. The van der Waals surface area contributed by atoms with E-state index >= 15 is 0 Å². The molecule has 1 saturated heterocycles. The average Bonchev–Trinajstić information content (AvgIpc) is 2.93. The molecule has 1 aliphatic carbocycles. The average molecular weight is 268 g/mol. The molecule has 2 rings (SSSR count). The van der Waals surface area contributed by atoms with Gasteiger partial charge in [-0.3, -0.25) is 4.79 Å². The molecule has 5 heteroatoms. The number of nitrogens with one attached hydrogen (secondary N) is 1. The van der Waals surface area contributed by atoms with E-state index in [0.717, 1.165) is 25.9 Å². The molecule has 2 unspecified atom stereocenters. The van der Waals surface area contributed by atoms with Crippen molar-refractivity contribution < 1.29 is 14.7 Å². The number of hydrogen-bond donors (Lipinski definition) is 2. The highest BCUT2D eigenvalue weighted by Crippen LogP contribution is 2.50. The summed E-state index contributed by atoms with van der Waals surface area (Å²) in [5, 5.41) is 11.8. The topological polar surface area (TPSA) is 69.6 Å². The molecule has 0 radical (unpaired) electrons. The largest absolute Gasteiger partial charge is 0.481 e. The Morgan fingerprint density at radius 2 is 2.11 bits per heavy atom. The van der Waals surface area contributed by atoms with Gasteiger partial charge in [-0.25, -0.2) is 4.79 Å². The fourth-order valence-electron chi connectivity index (χ4n) is 2.91. The summed E-state index contributed by atoms with van der Waals surface area (Å²) in [6.45, 7) is 6.50. The van der Waals surface area contributed by atoms with E-state index in [1.807, 2.05) is 0 Å². The van der Waals surface area contributed by atoms with E-state index in [-0.39, 0.29) is 18.4 Å². The Morgan fingerprint density at radius 1 is 1.42 bits per heavy atom. The van der Waals surface area contributed by atoms with E-state index in [4.69, 9.17) is 5.11 Å². The van der Waals surface area contributed by atoms with Gasteiger partial charge in [0.15, 0.2) is 0 Å². The van der Waals surface area contributed by atoms with Gasteiger partial charge in [0, 0.05) is 26.1 Å². The van der Waals surface area contributed by atoms with Crippen LogP contribution in [0.4, 0.5) is 4.79 Å². The Hall–Kier alpha value is -1.26. The maximum absolute atomic E-state index is 12.0. The van der Waals surface area contributed by atoms with E-state index in [2.05, 4.69) is 19.2 Å². The van der Waals surface area contributed by atoms with E-state index in [1.54, 1.807) is 4.90 Å². The van der Waals surface area contributed by atoms with Crippen molar-refractivity contribution in [1.29, 1.82) is 0 Å². The summed E-state index contributed by atoms with van der Waals surface area (Å²) in [6, 6.07) is -0.0298. The number of aliphatic carboxylic acids is 1. The molecular weight excluding hydrogens is 244 g/mol. The van der Waals surface area contributed by atoms with Crippen LogP contribution >= 0.6 is 0 Å². The molecule has 2 amide bonds. The Bertz CT molecular complexity index is 368. The normalized spacial score (nSPS) is 28.8. The molecule has 0 spiro atoms. The van der Waals surface area contributed by atoms with Gasteiger partial charge >= 0.3 is 12.0 Å². The Kier molecular flexibility index (Phi) is 4.02. The molecule has 5 nitrogen and oxygen atoms in total. The number of carbonyl (C=O) groups excluding carboxylic acids is 1. The lowest BCUT2D eigenvalue weighted by atomic mass is 9.95. The van der Waals surface area contributed by atoms with Gasteiger partial charge in [0.25, 0.3) is 0 Å². The summed E-state index contributed by atoms with van der Waals surface area (Å²) in [5.74, 6) is -0.0718. The first kappa shape index (κ1) is 14.2. The van der Waals surface area contributed by atoms with E-state index in [0.29, 0.717) is 17.9 Å². The molecule has 0 aromatic carbocycles. The van der Waals surface area contributed by atoms with Crippen molar-refractivity contribution in [1.82, 2.24) is 10.2 Å². The number of carbonyl (C=O) groups is 2. The highest BCUT2D eigenvalue weighted by Gasteiger charge is 2.45. The summed E-state index contributed by atoms with van der Waals surface area (Å²) in [4.78, 5) is 24.5. The Labute approximate surface area is 114 Å². The number of likely N-dealkylation sites (tertiary alicyclic amines) is 1. The molecule has 2 N–H and O–H groups in total. The molecule has 1 saturated carbocycles. The number of amides is 2. The first-order valence-electron chi connectivity index (χ1n) is 7.13. The summed E-state index contributed by atoms with van der Waals surface area (Å²) in [7, 11) is 0. The summed E-state index contributed by atoms with van der Waals surface area (Å²) in [6.07, 6.45) is 3.15. The second-order valence-corrected chi connectivity index (χ2v) is 6.63. The highest BCUT2D eigenvalue weighted by atomic mass is 16.4. The minimum atomic E-state index is -0.771. The smallest absolute Gasteiger partial charge is 0.317 e. The number of piperidine rings is 1. The van der Waals surface area contributed by atoms with E-state index < -0.39 is 5.97 Å². The van der Waals surface area contributed by atoms with Crippen molar-refractivity contribution in [2.45, 2.75) is 39.5 Å². The van der Waals surface area contributed by atoms with Gasteiger partial charge in [0.2, 0.25) is 0 Å². The first-order valence-corrected chi connectivity index (χ1v) is 7.13. The maximum Gasteiger partial charge on any atom is 0.317 e. The molecule has 0 aromatic heterocycles. The summed E-state index contributed by atoms with van der Waals surface area (Å²) in [5.41, 5.74) is 0.376. The van der Waals surface area contributed by atoms with Crippen LogP contribution in [0.3, 0.4) is 0 Å². The van der Waals surface area contributed by atoms with E-state index in [1.165, 1.54) is 6.42 Å². The predicted molar refractivity (Wildman–Crippen MR) is 71.8 cm³/mol. The molecule has 0 bridgehead atoms. The van der Waals surface area contributed by atoms with Crippen molar-refractivity contribution in [2.75, 3.05) is 19.6 Å². The standard InChI is InChI=1S/C14H24N2O3/c1-14(2)7-11(14)8-15-13(19)16-5-3-4-10(9-16)6-12(17)18/h10-11H,3-9H2,1-2H3,(H,15,19)(H,17,18). The second kappa shape index (κ2) is 5.39. The van der Waals surface area contributed by atoms with Crippen LogP contribution in [-0.2, 0) is 4.79 Å². The predicted octanol–water partition coefficient (Wildman–Crippen LogP) is 1.93. The van der Waals surface area contributed by atoms with Gasteiger partial charge in [0.05, 0.1) is 0 Å². The number of rotatable bonds is 4. The first-order chi connectivity index (χ1) is 8.88. The van der Waals surface area contributed by atoms with Gasteiger partial charge in [-0.15, -0.1) is 0 Å². The van der Waals surface area contributed by atoms with Crippen molar-refractivity contribution in [2.24, 2.45) is 17.3 Å². The lowest BCUT2D eigenvalue weighted by molar-refractivity contribution is -0.138. The van der Waals surface area contributed by atoms with E-state index in [9.17, 15) is 9.59 Å². The number of urea groups is 1. The molecule has 2 fully saturated rings. The zero-order valence-corrected chi connectivity index (χ0v) is 11.8. The van der Waals surface area contributed by atoms with Crippen LogP contribution in [0, 0.1) is 17.3 Å². The van der Waals surface area contributed by atoms with Crippen molar-refractivity contribution in [3.8, 4) is 0 Å². The molecule has 1 aliphatic heterocycles. The van der Waals surface area contributed by atoms with Crippen LogP contribution in [0.2, 0.25) is 0 Å². The fraction of sp³-hybridized carbons (Fsp3) is 0.857. The number of hydrogen-bond acceptors (Lipinski definition) is 2. The Balaban J connectivity index is 1.74. The van der Waals surface area contributed by atoms with Crippen LogP contribution in [0.5, 0.6) is 0 Å². The van der Waals surface area contributed by atoms with Crippen LogP contribution in [-0.4, -0.2) is 41.6 Å². The van der Waals surface area contributed by atoms with Crippen molar-refractivity contribution in [3.63, 3.8) is 0 Å². The Morgan fingerprint density at radius 3 is 2.68 bits per heavy atom. The quantitative estimate of drug-likeness (QED) is 0.818. The van der Waals surface area contributed by atoms with Crippen LogP contribution in [0.1, 0.15) is 39.5 Å². The lowest BCUT2D eigenvalue weighted by Crippen LogP contribution is -2.46. The fourth-order valence-corrected chi connectivity index (χ4v) is 2.91. The van der Waals surface area contributed by atoms with Crippen molar-refractivity contribution in [3.05, 3.63) is 0 Å². The third kappa shape index (κ3) is 3.85. The molecule has 2 aliphatic rings. The zero-order valence-electron chi connectivity index (χ0n) is 11.8. The van der Waals surface area contributed by atoms with Crippen LogP contribution in [0.15, 0.2) is 0 Å². The molecule has 108 valence electrons. The zero-order chi connectivity index (χ0) is 14.0. The number of carboxylic acids is 1. The SMILES string of the molecule is CC1(C)CC1CNC(=O)N1CCCC(CC(=O)O)C1. The van der Waals surface area contributed by atoms with Gasteiger partial charge in [-0.1, -0.05) is 13.8 Å². The summed E-state index contributed by atoms with van der Waals surface area (Å²) >= 11 is 0. The van der Waals surface area contributed by atoms with Gasteiger partial charge in [0.1, 0.15) is 0 Å². The molecule has 1 heterocycles. The molecule has 19 heavy (non-hydrogen) atoms. The minimum Gasteiger partial charge on any atom is -0.481 e. The molecule has 0 aromatic rings. The van der Waals surface area contributed by atoms with Crippen molar-refractivity contribution >= 4 is 12.0 Å². The lowest BCUT2D eigenvalue weighted by Gasteiger charge is -2.32. The van der Waals surface area contributed by atoms with Gasteiger partial charge < -0.3 is 15.3 Å². The maximum atomic E-state index is 12.0. The molecule has 2 atom stereocenters. The highest BCUT2D eigenvalue weighted by molar-refractivity contribution is 5.74. The van der Waals surface area contributed by atoms with Crippen LogP contribution < -0.4 is 5.32 Å². The van der Waals surface area contributed by atoms with Gasteiger partial charge in [-0.05, 0) is 36.5 Å². The van der Waals surface area contributed by atoms with Crippen LogP contribution in [0.25, 0.3) is 0 Å². The third-order valence-corrected chi connectivity index (χ3v) is 4.49. The third-order valence-electron chi connectivity index (χ3n) is 4.49. The minimum absolute atomic E-state index is 0.0298. The number of nitrogens with zero attached hydrogens (tertiary/aromatic N) is 1. The molecular formula is C14H24N2O3.